The first-order valence-corrected chi connectivity index (χ1v) is 7.36. The van der Waals surface area contributed by atoms with Crippen molar-refractivity contribution >= 4 is 33.9 Å². The third-order valence-corrected chi connectivity index (χ3v) is 3.77. The summed E-state index contributed by atoms with van der Waals surface area (Å²) in [6.45, 7) is 4.06. The second-order valence-electron chi connectivity index (χ2n) is 5.68. The topological polar surface area (TPSA) is 102 Å². The van der Waals surface area contributed by atoms with Gasteiger partial charge in [-0.1, -0.05) is 19.9 Å². The largest absolute Gasteiger partial charge is 0.478 e. The number of carboxylic acids is 1. The molecule has 0 unspecified atom stereocenters. The zero-order valence-corrected chi connectivity index (χ0v) is 13.4. The average molecular weight is 328 g/mol. The molecule has 0 spiro atoms. The molecule has 0 aliphatic heterocycles. The third-order valence-electron chi connectivity index (χ3n) is 3.77. The molecule has 1 aromatic carbocycles. The van der Waals surface area contributed by atoms with Gasteiger partial charge in [0, 0.05) is 6.07 Å². The van der Waals surface area contributed by atoms with Crippen LogP contribution in [0.2, 0.25) is 0 Å². The van der Waals surface area contributed by atoms with E-state index in [0.717, 1.165) is 5.56 Å². The lowest BCUT2D eigenvalue weighted by Gasteiger charge is -2.09. The zero-order valence-electron chi connectivity index (χ0n) is 13.4. The molecule has 0 bridgehead atoms. The van der Waals surface area contributed by atoms with Gasteiger partial charge in [-0.15, -0.1) is 0 Å². The summed E-state index contributed by atoms with van der Waals surface area (Å²) in [5, 5.41) is 9.69. The summed E-state index contributed by atoms with van der Waals surface area (Å²) in [6.07, 6.45) is 0. The molecular weight excluding hydrogens is 312 g/mol. The van der Waals surface area contributed by atoms with Crippen molar-refractivity contribution in [2.45, 2.75) is 19.8 Å². The Hall–Kier alpha value is -2.93. The summed E-state index contributed by atoms with van der Waals surface area (Å²) in [6, 6.07) is 6.64. The first-order valence-electron chi connectivity index (χ1n) is 7.36. The lowest BCUT2D eigenvalue weighted by Crippen LogP contribution is -2.11. The Morgan fingerprint density at radius 1 is 1.29 bits per heavy atom. The van der Waals surface area contributed by atoms with Crippen LogP contribution in [-0.2, 0) is 4.84 Å². The molecule has 0 atom stereocenters. The van der Waals surface area contributed by atoms with Crippen LogP contribution >= 0.6 is 0 Å². The van der Waals surface area contributed by atoms with Crippen molar-refractivity contribution in [3.63, 3.8) is 0 Å². The van der Waals surface area contributed by atoms with Crippen molar-refractivity contribution in [3.05, 3.63) is 45.6 Å². The highest BCUT2D eigenvalue weighted by Crippen LogP contribution is 2.25. The summed E-state index contributed by atoms with van der Waals surface area (Å²) in [4.78, 5) is 32.9. The summed E-state index contributed by atoms with van der Waals surface area (Å²) < 4.78 is 5.69. The molecule has 7 heteroatoms. The van der Waals surface area contributed by atoms with Crippen LogP contribution in [0.25, 0.3) is 22.1 Å². The van der Waals surface area contributed by atoms with Crippen molar-refractivity contribution in [3.8, 4) is 0 Å². The van der Waals surface area contributed by atoms with E-state index in [1.54, 1.807) is 12.1 Å². The Morgan fingerprint density at radius 2 is 2.04 bits per heavy atom. The van der Waals surface area contributed by atoms with Crippen molar-refractivity contribution < 1.29 is 19.2 Å². The first kappa shape index (κ1) is 15.9. The van der Waals surface area contributed by atoms with E-state index < -0.39 is 5.97 Å². The van der Waals surface area contributed by atoms with Crippen molar-refractivity contribution in [1.29, 1.82) is 0 Å². The van der Waals surface area contributed by atoms with Gasteiger partial charge in [0.25, 0.3) is 0 Å². The molecule has 2 aromatic heterocycles. The number of aromatic nitrogens is 1. The van der Waals surface area contributed by atoms with Crippen LogP contribution in [0.15, 0.2) is 33.5 Å². The molecule has 7 nitrogen and oxygen atoms in total. The Labute approximate surface area is 136 Å². The lowest BCUT2D eigenvalue weighted by molar-refractivity contribution is 0.0696. The Morgan fingerprint density at radius 3 is 2.67 bits per heavy atom. The molecule has 0 aliphatic carbocycles. The van der Waals surface area contributed by atoms with Crippen molar-refractivity contribution in [2.75, 3.05) is 12.6 Å². The van der Waals surface area contributed by atoms with Crippen LogP contribution in [0.4, 0.5) is 5.82 Å². The Balaban J connectivity index is 2.37. The number of hydrogen-bond donors (Lipinski definition) is 2. The van der Waals surface area contributed by atoms with E-state index in [9.17, 15) is 14.7 Å². The zero-order chi connectivity index (χ0) is 17.4. The average Bonchev–Trinajstić information content (AvgIpc) is 2.55. The summed E-state index contributed by atoms with van der Waals surface area (Å²) >= 11 is 0. The number of nitrogens with one attached hydrogen (secondary N) is 1. The standard InChI is InChI=1S/C17H16N2O5/c1-8(2)9-4-5-12-10(6-9)15(20)14-13(24-12)7-11(17(21)22)16(18-14)19-23-3/h4-8H,1-3H3,(H,18,19)(H,21,22). The SMILES string of the molecule is CONc1nc2c(=O)c3cc(C(C)C)ccc3oc2cc1C(=O)O. The maximum atomic E-state index is 12.8. The van der Waals surface area contributed by atoms with Gasteiger partial charge in [-0.05, 0) is 23.6 Å². The monoisotopic (exact) mass is 328 g/mol. The molecule has 2 N–H and O–H groups in total. The highest BCUT2D eigenvalue weighted by molar-refractivity contribution is 5.98. The fourth-order valence-corrected chi connectivity index (χ4v) is 2.49. The minimum Gasteiger partial charge on any atom is -0.478 e. The number of anilines is 1. The molecule has 3 rings (SSSR count). The van der Waals surface area contributed by atoms with Gasteiger partial charge in [0.05, 0.1) is 12.5 Å². The second-order valence-corrected chi connectivity index (χ2v) is 5.68. The van der Waals surface area contributed by atoms with Gasteiger partial charge < -0.3 is 9.52 Å². The maximum Gasteiger partial charge on any atom is 0.339 e. The number of carboxylic acid groups (broad SMARTS) is 1. The van der Waals surface area contributed by atoms with Crippen LogP contribution in [0.5, 0.6) is 0 Å². The van der Waals surface area contributed by atoms with Crippen LogP contribution in [-0.4, -0.2) is 23.2 Å². The van der Waals surface area contributed by atoms with E-state index in [2.05, 4.69) is 10.5 Å². The van der Waals surface area contributed by atoms with Crippen molar-refractivity contribution in [1.82, 2.24) is 4.98 Å². The van der Waals surface area contributed by atoms with E-state index in [4.69, 9.17) is 9.25 Å². The normalized spacial score (nSPS) is 11.3. The minimum absolute atomic E-state index is 0.0490. The number of aromatic carboxylic acids is 1. The minimum atomic E-state index is -1.21. The quantitative estimate of drug-likeness (QED) is 0.560. The number of fused-ring (bicyclic) bond motifs is 2. The predicted octanol–water partition coefficient (Wildman–Crippen LogP) is 3.14. The fraction of sp³-hybridized carbons (Fsp3) is 0.235. The van der Waals surface area contributed by atoms with Gasteiger partial charge in [-0.3, -0.25) is 9.63 Å². The van der Waals surface area contributed by atoms with Crippen molar-refractivity contribution in [2.24, 2.45) is 0 Å². The Kier molecular flexibility index (Phi) is 3.94. The molecule has 24 heavy (non-hydrogen) atoms. The number of rotatable bonds is 4. The number of pyridine rings is 1. The number of hydrogen-bond acceptors (Lipinski definition) is 6. The van der Waals surface area contributed by atoms with Crippen LogP contribution in [0.1, 0.15) is 35.7 Å². The smallest absolute Gasteiger partial charge is 0.339 e. The van der Waals surface area contributed by atoms with Crippen LogP contribution in [0, 0.1) is 0 Å². The molecule has 0 aliphatic rings. The number of benzene rings is 1. The third kappa shape index (κ3) is 2.59. The highest BCUT2D eigenvalue weighted by atomic mass is 16.6. The molecule has 0 saturated heterocycles. The molecule has 0 saturated carbocycles. The lowest BCUT2D eigenvalue weighted by atomic mass is 10.0. The van der Waals surface area contributed by atoms with E-state index in [-0.39, 0.29) is 33.8 Å². The molecule has 2 heterocycles. The highest BCUT2D eigenvalue weighted by Gasteiger charge is 2.18. The fourth-order valence-electron chi connectivity index (χ4n) is 2.49. The van der Waals surface area contributed by atoms with E-state index >= 15 is 0 Å². The van der Waals surface area contributed by atoms with Gasteiger partial charge >= 0.3 is 5.97 Å². The molecule has 124 valence electrons. The van der Waals surface area contributed by atoms with Crippen LogP contribution in [0.3, 0.4) is 0 Å². The summed E-state index contributed by atoms with van der Waals surface area (Å²) in [5.41, 5.74) is 3.48. The number of nitrogens with zero attached hydrogens (tertiary/aromatic N) is 1. The maximum absolute atomic E-state index is 12.8. The van der Waals surface area contributed by atoms with Gasteiger partial charge in [-0.25, -0.2) is 15.3 Å². The van der Waals surface area contributed by atoms with Gasteiger partial charge in [0.2, 0.25) is 5.43 Å². The molecule has 0 amide bonds. The van der Waals surface area contributed by atoms with E-state index in [1.165, 1.54) is 13.2 Å². The first-order chi connectivity index (χ1) is 11.4. The predicted molar refractivity (Wildman–Crippen MR) is 89.5 cm³/mol. The van der Waals surface area contributed by atoms with Crippen LogP contribution < -0.4 is 10.9 Å². The van der Waals surface area contributed by atoms with Gasteiger partial charge in [0.15, 0.2) is 16.9 Å². The molecule has 0 fully saturated rings. The van der Waals surface area contributed by atoms with Gasteiger partial charge in [0.1, 0.15) is 11.1 Å². The number of carbonyl (C=O) groups is 1. The summed E-state index contributed by atoms with van der Waals surface area (Å²) in [5.74, 6) is -0.997. The second kappa shape index (κ2) is 5.93. The van der Waals surface area contributed by atoms with Gasteiger partial charge in [-0.2, -0.15) is 0 Å². The summed E-state index contributed by atoms with van der Waals surface area (Å²) in [7, 11) is 1.33. The van der Waals surface area contributed by atoms with E-state index in [0.29, 0.717) is 11.0 Å². The molecule has 3 aromatic rings. The molecular formula is C17H16N2O5. The Bertz CT molecular complexity index is 1010. The molecule has 0 radical (unpaired) electrons. The van der Waals surface area contributed by atoms with E-state index in [1.807, 2.05) is 19.9 Å².